The van der Waals surface area contributed by atoms with Crippen LogP contribution < -0.4 is 10.6 Å². The third-order valence-electron chi connectivity index (χ3n) is 3.65. The van der Waals surface area contributed by atoms with E-state index in [2.05, 4.69) is 15.6 Å². The van der Waals surface area contributed by atoms with Crippen LogP contribution in [-0.4, -0.2) is 35.7 Å². The van der Waals surface area contributed by atoms with Crippen LogP contribution in [0.3, 0.4) is 0 Å². The van der Waals surface area contributed by atoms with Gasteiger partial charge in [-0.3, -0.25) is 15.5 Å². The van der Waals surface area contributed by atoms with Gasteiger partial charge in [-0.1, -0.05) is 11.6 Å². The number of amidine groups is 1. The first-order valence-electron chi connectivity index (χ1n) is 7.20. The molecule has 6 nitrogen and oxygen atoms in total. The van der Waals surface area contributed by atoms with Gasteiger partial charge in [0.05, 0.1) is 11.3 Å². The maximum atomic E-state index is 13.7. The number of nitrogens with zero attached hydrogens (tertiary/aromatic N) is 2. The molecule has 8 heteroatoms. The van der Waals surface area contributed by atoms with E-state index in [1.54, 1.807) is 0 Å². The van der Waals surface area contributed by atoms with Gasteiger partial charge in [0.1, 0.15) is 5.82 Å². The number of likely N-dealkylation sites (tertiary alicyclic amines) is 1. The quantitative estimate of drug-likeness (QED) is 0.726. The van der Waals surface area contributed by atoms with Crippen LogP contribution in [0, 0.1) is 11.2 Å². The minimum atomic E-state index is -0.543. The number of benzene rings is 1. The molecule has 0 spiro atoms. The molecule has 0 aliphatic carbocycles. The molecule has 120 valence electrons. The molecule has 0 bridgehead atoms. The molecular formula is C15H15ClFN5O. The molecule has 3 N–H and O–H groups in total. The van der Waals surface area contributed by atoms with E-state index < -0.39 is 11.7 Å². The number of nitrogens with one attached hydrogen (secondary N) is 3. The fourth-order valence-electron chi connectivity index (χ4n) is 2.44. The van der Waals surface area contributed by atoms with Crippen LogP contribution in [-0.2, 0) is 4.79 Å². The lowest BCUT2D eigenvalue weighted by atomic mass is 10.2. The molecule has 1 amide bonds. The standard InChI is InChI=1S/C15H15ClFN5O/c16-9-3-4-12(11(17)7-9)19-8-10-13(18)20-15(21-14(10)23)22-5-1-2-6-22/h3-4,7-8,19H,1-2,5-6H2,(H2,18,20,21,23)/b10-8+. The second-order valence-corrected chi connectivity index (χ2v) is 5.70. The van der Waals surface area contributed by atoms with Crippen LogP contribution in [0.1, 0.15) is 12.8 Å². The monoisotopic (exact) mass is 335 g/mol. The highest BCUT2D eigenvalue weighted by atomic mass is 35.5. The lowest BCUT2D eigenvalue weighted by molar-refractivity contribution is -0.115. The van der Waals surface area contributed by atoms with Crippen molar-refractivity contribution in [1.29, 1.82) is 5.41 Å². The molecule has 1 aromatic carbocycles. The zero-order valence-electron chi connectivity index (χ0n) is 12.2. The number of anilines is 1. The largest absolute Gasteiger partial charge is 0.358 e. The smallest absolute Gasteiger partial charge is 0.263 e. The second kappa shape index (κ2) is 6.37. The number of amides is 1. The van der Waals surface area contributed by atoms with Crippen molar-refractivity contribution in [2.45, 2.75) is 12.8 Å². The molecule has 0 aromatic heterocycles. The summed E-state index contributed by atoms with van der Waals surface area (Å²) in [6.45, 7) is 1.64. The molecule has 2 aliphatic heterocycles. The summed E-state index contributed by atoms with van der Waals surface area (Å²) in [5.74, 6) is -0.725. The molecule has 0 saturated carbocycles. The Morgan fingerprint density at radius 2 is 2.13 bits per heavy atom. The number of carbonyl (C=O) groups is 1. The van der Waals surface area contributed by atoms with E-state index in [1.165, 1.54) is 18.3 Å². The van der Waals surface area contributed by atoms with E-state index in [0.717, 1.165) is 32.0 Å². The van der Waals surface area contributed by atoms with E-state index >= 15 is 0 Å². The number of carbonyl (C=O) groups excluding carboxylic acids is 1. The van der Waals surface area contributed by atoms with Crippen LogP contribution in [0.4, 0.5) is 10.1 Å². The predicted molar refractivity (Wildman–Crippen MR) is 87.2 cm³/mol. The maximum Gasteiger partial charge on any atom is 0.263 e. The summed E-state index contributed by atoms with van der Waals surface area (Å²) < 4.78 is 13.7. The number of hydrogen-bond donors (Lipinski definition) is 3. The third-order valence-corrected chi connectivity index (χ3v) is 3.89. The summed E-state index contributed by atoms with van der Waals surface area (Å²) in [5, 5.41) is 13.6. The van der Waals surface area contributed by atoms with Crippen molar-refractivity contribution in [2.24, 2.45) is 4.99 Å². The second-order valence-electron chi connectivity index (χ2n) is 5.26. The number of aliphatic imine (C=N–C) groups is 1. The van der Waals surface area contributed by atoms with Crippen molar-refractivity contribution < 1.29 is 9.18 Å². The Kier molecular flexibility index (Phi) is 4.29. The van der Waals surface area contributed by atoms with Gasteiger partial charge < -0.3 is 10.2 Å². The first kappa shape index (κ1) is 15.5. The third kappa shape index (κ3) is 3.34. The predicted octanol–water partition coefficient (Wildman–Crippen LogP) is 2.33. The molecule has 2 heterocycles. The van der Waals surface area contributed by atoms with Crippen molar-refractivity contribution in [3.05, 3.63) is 40.8 Å². The van der Waals surface area contributed by atoms with Gasteiger partial charge in [0.2, 0.25) is 5.96 Å². The van der Waals surface area contributed by atoms with Gasteiger partial charge in [-0.15, -0.1) is 0 Å². The zero-order chi connectivity index (χ0) is 16.4. The van der Waals surface area contributed by atoms with Crippen LogP contribution in [0.25, 0.3) is 0 Å². The van der Waals surface area contributed by atoms with E-state index in [4.69, 9.17) is 17.0 Å². The number of hydrogen-bond acceptors (Lipinski definition) is 4. The topological polar surface area (TPSA) is 80.6 Å². The fourth-order valence-corrected chi connectivity index (χ4v) is 2.60. The van der Waals surface area contributed by atoms with Crippen LogP contribution in [0.15, 0.2) is 35.0 Å². The van der Waals surface area contributed by atoms with Gasteiger partial charge in [-0.2, -0.15) is 4.99 Å². The Balaban J connectivity index is 1.77. The highest BCUT2D eigenvalue weighted by Gasteiger charge is 2.27. The molecule has 1 aromatic rings. The summed E-state index contributed by atoms with van der Waals surface area (Å²) in [4.78, 5) is 18.2. The molecule has 0 unspecified atom stereocenters. The minimum absolute atomic E-state index is 0.0438. The Hall–Kier alpha value is -2.41. The lowest BCUT2D eigenvalue weighted by Gasteiger charge is -2.24. The Bertz CT molecular complexity index is 725. The highest BCUT2D eigenvalue weighted by molar-refractivity contribution is 6.30. The molecule has 0 radical (unpaired) electrons. The molecule has 0 atom stereocenters. The minimum Gasteiger partial charge on any atom is -0.358 e. The number of guanidine groups is 1. The zero-order valence-corrected chi connectivity index (χ0v) is 13.0. The van der Waals surface area contributed by atoms with Gasteiger partial charge in [0, 0.05) is 24.3 Å². The SMILES string of the molecule is N=C1N=C(N2CCCC2)NC(=O)/C1=C/Nc1ccc(Cl)cc1F. The van der Waals surface area contributed by atoms with Crippen LogP contribution in [0.5, 0.6) is 0 Å². The fraction of sp³-hybridized carbons (Fsp3) is 0.267. The van der Waals surface area contributed by atoms with Gasteiger partial charge in [0.15, 0.2) is 5.84 Å². The van der Waals surface area contributed by atoms with Crippen LogP contribution >= 0.6 is 11.6 Å². The molecule has 1 fully saturated rings. The Morgan fingerprint density at radius 1 is 1.39 bits per heavy atom. The van der Waals surface area contributed by atoms with E-state index in [0.29, 0.717) is 5.96 Å². The normalized spacial score (nSPS) is 19.8. The molecule has 2 aliphatic rings. The maximum absolute atomic E-state index is 13.7. The summed E-state index contributed by atoms with van der Waals surface area (Å²) >= 11 is 5.69. The van der Waals surface area contributed by atoms with Gasteiger partial charge in [-0.25, -0.2) is 4.39 Å². The van der Waals surface area contributed by atoms with Crippen molar-refractivity contribution in [3.63, 3.8) is 0 Å². The van der Waals surface area contributed by atoms with Crippen LogP contribution in [0.2, 0.25) is 5.02 Å². The van der Waals surface area contributed by atoms with Gasteiger partial charge >= 0.3 is 0 Å². The average Bonchev–Trinajstić information content (AvgIpc) is 3.02. The average molecular weight is 336 g/mol. The first-order valence-corrected chi connectivity index (χ1v) is 7.58. The number of halogens is 2. The lowest BCUT2D eigenvalue weighted by Crippen LogP contribution is -2.47. The Labute approximate surface area is 137 Å². The number of rotatable bonds is 2. The van der Waals surface area contributed by atoms with Crippen molar-refractivity contribution in [2.75, 3.05) is 18.4 Å². The van der Waals surface area contributed by atoms with Crippen molar-refractivity contribution in [1.82, 2.24) is 10.2 Å². The van der Waals surface area contributed by atoms with Gasteiger partial charge in [-0.05, 0) is 31.0 Å². The molecule has 3 rings (SSSR count). The Morgan fingerprint density at radius 3 is 2.78 bits per heavy atom. The van der Waals surface area contributed by atoms with Crippen molar-refractivity contribution in [3.8, 4) is 0 Å². The summed E-state index contributed by atoms with van der Waals surface area (Å²) in [6, 6.07) is 4.15. The van der Waals surface area contributed by atoms with Crippen molar-refractivity contribution >= 4 is 35.0 Å². The molecule has 23 heavy (non-hydrogen) atoms. The molecular weight excluding hydrogens is 321 g/mol. The highest BCUT2D eigenvalue weighted by Crippen LogP contribution is 2.19. The first-order chi connectivity index (χ1) is 11.0. The van der Waals surface area contributed by atoms with E-state index in [-0.39, 0.29) is 22.1 Å². The van der Waals surface area contributed by atoms with Gasteiger partial charge in [0.25, 0.3) is 5.91 Å². The van der Waals surface area contributed by atoms with E-state index in [9.17, 15) is 9.18 Å². The molecule has 1 saturated heterocycles. The summed E-state index contributed by atoms with van der Waals surface area (Å²) in [5.41, 5.74) is 0.208. The van der Waals surface area contributed by atoms with E-state index in [1.807, 2.05) is 4.90 Å². The summed E-state index contributed by atoms with van der Waals surface area (Å²) in [6.07, 6.45) is 3.36. The summed E-state index contributed by atoms with van der Waals surface area (Å²) in [7, 11) is 0.